The van der Waals surface area contributed by atoms with Gasteiger partial charge in [-0.05, 0) is 6.07 Å². The summed E-state index contributed by atoms with van der Waals surface area (Å²) in [5, 5.41) is 8.34. The van der Waals surface area contributed by atoms with E-state index in [4.69, 9.17) is 10.8 Å². The molecule has 0 aliphatic rings. The van der Waals surface area contributed by atoms with Crippen LogP contribution in [0.4, 0.5) is 5.69 Å². The Bertz CT molecular complexity index is 233. The van der Waals surface area contributed by atoms with Gasteiger partial charge in [0, 0.05) is 38.9 Å². The summed E-state index contributed by atoms with van der Waals surface area (Å²) in [5.74, 6) is -1.03. The Labute approximate surface area is 82.7 Å². The Hall–Kier alpha value is -0.346. The monoisotopic (exact) mass is 215 g/mol. The van der Waals surface area contributed by atoms with Crippen molar-refractivity contribution < 1.29 is 42.6 Å². The van der Waals surface area contributed by atoms with Gasteiger partial charge in [0.05, 0.1) is 5.69 Å². The molecule has 1 aromatic heterocycles. The summed E-state index contributed by atoms with van der Waals surface area (Å²) in [4.78, 5) is 12.7. The van der Waals surface area contributed by atoms with Gasteiger partial charge in [0.15, 0.2) is 0 Å². The van der Waals surface area contributed by atoms with E-state index in [0.29, 0.717) is 0 Å². The molecule has 0 spiro atoms. The van der Waals surface area contributed by atoms with Crippen LogP contribution in [0.1, 0.15) is 10.5 Å². The van der Waals surface area contributed by atoms with Crippen molar-refractivity contribution in [2.75, 3.05) is 5.73 Å². The molecule has 1 rings (SSSR count). The average Bonchev–Trinajstić information content (AvgIpc) is 2.13. The maximum atomic E-state index is 10.2. The molecule has 1 heterocycles. The van der Waals surface area contributed by atoms with Crippen molar-refractivity contribution >= 4 is 11.7 Å². The first kappa shape index (κ1) is 9.65. The van der Waals surface area contributed by atoms with Crippen molar-refractivity contribution in [3.8, 4) is 0 Å². The van der Waals surface area contributed by atoms with Crippen LogP contribution in [-0.2, 0) is 32.7 Å². The number of carbonyl (C=O) groups is 1. The van der Waals surface area contributed by atoms with Gasteiger partial charge in [-0.15, -0.1) is 0 Å². The first-order chi connectivity index (χ1) is 4.22. The van der Waals surface area contributed by atoms with E-state index in [9.17, 15) is 4.79 Å². The third-order valence-electron chi connectivity index (χ3n) is 0.993. The van der Waals surface area contributed by atoms with Gasteiger partial charge in [0.25, 0.3) is 0 Å². The van der Waals surface area contributed by atoms with Crippen molar-refractivity contribution in [1.29, 1.82) is 0 Å². The van der Waals surface area contributed by atoms with Crippen molar-refractivity contribution in [2.24, 2.45) is 0 Å². The number of aromatic carboxylic acids is 1. The quantitative estimate of drug-likeness (QED) is 0.629. The summed E-state index contributed by atoms with van der Waals surface area (Å²) in [5.41, 5.74) is 5.55. The Morgan fingerprint density at radius 2 is 2.30 bits per heavy atom. The van der Waals surface area contributed by atoms with E-state index in [-0.39, 0.29) is 44.1 Å². The first-order valence-corrected chi connectivity index (χ1v) is 2.38. The molecule has 4 nitrogen and oxygen atoms in total. The molecule has 0 saturated heterocycles. The fraction of sp³-hybridized carbons (Fsp3) is 0. The molecular weight excluding hydrogens is 209 g/mol. The molecule has 5 heteroatoms. The molecule has 4 N–H and O–H groups in total. The SMILES string of the molecule is Nc1cc[nH]c1C(=O)O.[Y]. The van der Waals surface area contributed by atoms with Crippen LogP contribution in [0.5, 0.6) is 0 Å². The zero-order valence-corrected chi connectivity index (χ0v) is 8.00. The minimum Gasteiger partial charge on any atom is -0.477 e. The number of H-pyrrole nitrogens is 1. The molecule has 0 aliphatic heterocycles. The minimum absolute atomic E-state index is 0. The number of rotatable bonds is 1. The fourth-order valence-electron chi connectivity index (χ4n) is 0.567. The molecule has 10 heavy (non-hydrogen) atoms. The van der Waals surface area contributed by atoms with Crippen molar-refractivity contribution in [2.45, 2.75) is 0 Å². The van der Waals surface area contributed by atoms with Crippen molar-refractivity contribution in [1.82, 2.24) is 4.98 Å². The molecule has 0 fully saturated rings. The molecule has 1 aromatic rings. The van der Waals surface area contributed by atoms with Crippen LogP contribution in [0.25, 0.3) is 0 Å². The number of aromatic amines is 1. The van der Waals surface area contributed by atoms with Gasteiger partial charge in [-0.25, -0.2) is 4.79 Å². The van der Waals surface area contributed by atoms with Crippen LogP contribution >= 0.6 is 0 Å². The maximum absolute atomic E-state index is 10.2. The number of carboxylic acids is 1. The number of nitrogens with two attached hydrogens (primary N) is 1. The molecule has 0 amide bonds. The molecule has 0 saturated carbocycles. The van der Waals surface area contributed by atoms with E-state index in [1.807, 2.05) is 0 Å². The molecule has 0 aliphatic carbocycles. The number of hydrogen-bond acceptors (Lipinski definition) is 2. The number of carboxylic acid groups (broad SMARTS) is 1. The normalized spacial score (nSPS) is 8.40. The Morgan fingerprint density at radius 3 is 2.50 bits per heavy atom. The topological polar surface area (TPSA) is 79.1 Å². The summed E-state index contributed by atoms with van der Waals surface area (Å²) in [6.45, 7) is 0. The second-order valence-electron chi connectivity index (χ2n) is 1.61. The van der Waals surface area contributed by atoms with Gasteiger partial charge in [-0.3, -0.25) is 0 Å². The largest absolute Gasteiger partial charge is 0.477 e. The molecule has 1 radical (unpaired) electrons. The fourth-order valence-corrected chi connectivity index (χ4v) is 0.567. The molecule has 0 atom stereocenters. The van der Waals surface area contributed by atoms with E-state index in [0.717, 1.165) is 0 Å². The van der Waals surface area contributed by atoms with E-state index in [2.05, 4.69) is 4.98 Å². The number of anilines is 1. The third-order valence-corrected chi connectivity index (χ3v) is 0.993. The summed E-state index contributed by atoms with van der Waals surface area (Å²) in [6, 6.07) is 1.50. The Balaban J connectivity index is 0.000000810. The zero-order chi connectivity index (χ0) is 6.85. The number of nitrogens with one attached hydrogen (secondary N) is 1. The molecular formula is C5H6N2O2Y. The van der Waals surface area contributed by atoms with Crippen LogP contribution in [-0.4, -0.2) is 16.1 Å². The predicted molar refractivity (Wildman–Crippen MR) is 32.2 cm³/mol. The van der Waals surface area contributed by atoms with E-state index in [1.54, 1.807) is 0 Å². The Kier molecular flexibility index (Phi) is 3.60. The van der Waals surface area contributed by atoms with Crippen LogP contribution in [0, 0.1) is 0 Å². The summed E-state index contributed by atoms with van der Waals surface area (Å²) >= 11 is 0. The summed E-state index contributed by atoms with van der Waals surface area (Å²) in [6.07, 6.45) is 1.48. The third kappa shape index (κ3) is 1.82. The number of aromatic nitrogens is 1. The van der Waals surface area contributed by atoms with Crippen LogP contribution < -0.4 is 5.73 Å². The molecule has 0 aromatic carbocycles. The molecule has 0 bridgehead atoms. The second kappa shape index (κ2) is 3.73. The van der Waals surface area contributed by atoms with E-state index >= 15 is 0 Å². The standard InChI is InChI=1S/C5H6N2O2.Y/c6-3-1-2-7-4(3)5(8)9;/h1-2,7H,6H2,(H,8,9);. The first-order valence-electron chi connectivity index (χ1n) is 2.38. The molecule has 0 unspecified atom stereocenters. The zero-order valence-electron chi connectivity index (χ0n) is 5.16. The van der Waals surface area contributed by atoms with Gasteiger partial charge in [0.2, 0.25) is 0 Å². The van der Waals surface area contributed by atoms with Gasteiger partial charge < -0.3 is 15.8 Å². The van der Waals surface area contributed by atoms with Crippen LogP contribution in [0.15, 0.2) is 12.3 Å². The van der Waals surface area contributed by atoms with Crippen molar-refractivity contribution in [3.63, 3.8) is 0 Å². The molecule has 51 valence electrons. The minimum atomic E-state index is -1.03. The van der Waals surface area contributed by atoms with E-state index in [1.165, 1.54) is 12.3 Å². The predicted octanol–water partition coefficient (Wildman–Crippen LogP) is 0.293. The van der Waals surface area contributed by atoms with Gasteiger partial charge in [-0.1, -0.05) is 0 Å². The van der Waals surface area contributed by atoms with Crippen LogP contribution in [0.3, 0.4) is 0 Å². The summed E-state index contributed by atoms with van der Waals surface area (Å²) in [7, 11) is 0. The van der Waals surface area contributed by atoms with Crippen molar-refractivity contribution in [3.05, 3.63) is 18.0 Å². The van der Waals surface area contributed by atoms with Crippen LogP contribution in [0.2, 0.25) is 0 Å². The van der Waals surface area contributed by atoms with Gasteiger partial charge in [0.1, 0.15) is 5.69 Å². The number of nitrogen functional groups attached to an aromatic ring is 1. The maximum Gasteiger partial charge on any atom is 0.354 e. The summed E-state index contributed by atoms with van der Waals surface area (Å²) < 4.78 is 0. The average molecular weight is 215 g/mol. The van der Waals surface area contributed by atoms with Gasteiger partial charge >= 0.3 is 5.97 Å². The smallest absolute Gasteiger partial charge is 0.354 e. The van der Waals surface area contributed by atoms with Gasteiger partial charge in [-0.2, -0.15) is 0 Å². The Morgan fingerprint density at radius 1 is 1.70 bits per heavy atom. The van der Waals surface area contributed by atoms with E-state index < -0.39 is 5.97 Å². The number of hydrogen-bond donors (Lipinski definition) is 3. The second-order valence-corrected chi connectivity index (χ2v) is 1.61.